The first-order valence-electron chi connectivity index (χ1n) is 8.88. The van der Waals surface area contributed by atoms with Crippen LogP contribution in [0.4, 0.5) is 0 Å². The SMILES string of the molecule is Cc1ccc([C@@H]2CCCN2C(=O)c2cc(CC(C)C)[nH]n2)cc1C. The number of aryl methyl sites for hydroxylation is 2. The fraction of sp³-hybridized carbons (Fsp3) is 0.500. The Kier molecular flexibility index (Phi) is 4.74. The van der Waals surface area contributed by atoms with Crippen molar-refractivity contribution in [2.45, 2.75) is 53.0 Å². The number of nitrogens with one attached hydrogen (secondary N) is 1. The van der Waals surface area contributed by atoms with E-state index in [-0.39, 0.29) is 11.9 Å². The minimum Gasteiger partial charge on any atom is -0.330 e. The number of nitrogens with zero attached hydrogens (tertiary/aromatic N) is 2. The number of aromatic amines is 1. The van der Waals surface area contributed by atoms with E-state index in [0.717, 1.165) is 31.5 Å². The van der Waals surface area contributed by atoms with E-state index in [0.29, 0.717) is 11.6 Å². The van der Waals surface area contributed by atoms with Crippen LogP contribution in [0.2, 0.25) is 0 Å². The van der Waals surface area contributed by atoms with Gasteiger partial charge in [0.2, 0.25) is 0 Å². The van der Waals surface area contributed by atoms with Gasteiger partial charge in [0.15, 0.2) is 0 Å². The average Bonchev–Trinajstić information content (AvgIpc) is 3.18. The third-order valence-electron chi connectivity index (χ3n) is 4.91. The van der Waals surface area contributed by atoms with Crippen LogP contribution in [-0.2, 0) is 6.42 Å². The van der Waals surface area contributed by atoms with Crippen molar-refractivity contribution in [3.05, 3.63) is 52.3 Å². The Balaban J connectivity index is 1.80. The van der Waals surface area contributed by atoms with E-state index in [9.17, 15) is 4.79 Å². The molecule has 1 fully saturated rings. The van der Waals surface area contributed by atoms with Crippen molar-refractivity contribution in [1.82, 2.24) is 15.1 Å². The van der Waals surface area contributed by atoms with Gasteiger partial charge in [-0.05, 0) is 61.8 Å². The van der Waals surface area contributed by atoms with E-state index in [1.54, 1.807) is 0 Å². The summed E-state index contributed by atoms with van der Waals surface area (Å²) < 4.78 is 0. The lowest BCUT2D eigenvalue weighted by molar-refractivity contribution is 0.0729. The van der Waals surface area contributed by atoms with Crippen molar-refractivity contribution in [3.63, 3.8) is 0 Å². The van der Waals surface area contributed by atoms with Gasteiger partial charge in [-0.15, -0.1) is 0 Å². The molecule has 1 atom stereocenters. The molecule has 1 aliphatic rings. The van der Waals surface area contributed by atoms with Crippen LogP contribution in [0.5, 0.6) is 0 Å². The third kappa shape index (κ3) is 3.37. The summed E-state index contributed by atoms with van der Waals surface area (Å²) in [6.07, 6.45) is 2.99. The molecule has 0 saturated carbocycles. The Morgan fingerprint density at radius 3 is 2.79 bits per heavy atom. The minimum absolute atomic E-state index is 0.0435. The fourth-order valence-corrected chi connectivity index (χ4v) is 3.49. The molecular formula is C20H27N3O. The van der Waals surface area contributed by atoms with Crippen molar-refractivity contribution in [1.29, 1.82) is 0 Å². The van der Waals surface area contributed by atoms with Gasteiger partial charge in [0, 0.05) is 12.2 Å². The van der Waals surface area contributed by atoms with Crippen LogP contribution in [0.25, 0.3) is 0 Å². The number of carbonyl (C=O) groups is 1. The minimum atomic E-state index is 0.0435. The molecule has 0 unspecified atom stereocenters. The molecule has 24 heavy (non-hydrogen) atoms. The highest BCUT2D eigenvalue weighted by Crippen LogP contribution is 2.33. The summed E-state index contributed by atoms with van der Waals surface area (Å²) in [4.78, 5) is 14.9. The molecule has 1 aromatic heterocycles. The van der Waals surface area contributed by atoms with Gasteiger partial charge in [0.05, 0.1) is 6.04 Å². The second kappa shape index (κ2) is 6.80. The van der Waals surface area contributed by atoms with Crippen LogP contribution in [0.1, 0.15) is 65.6 Å². The Bertz CT molecular complexity index is 732. The highest BCUT2D eigenvalue weighted by Gasteiger charge is 2.31. The topological polar surface area (TPSA) is 49.0 Å². The monoisotopic (exact) mass is 325 g/mol. The Labute approximate surface area is 144 Å². The van der Waals surface area contributed by atoms with E-state index in [4.69, 9.17) is 0 Å². The zero-order chi connectivity index (χ0) is 17.3. The molecule has 0 bridgehead atoms. The summed E-state index contributed by atoms with van der Waals surface area (Å²) in [5.74, 6) is 0.588. The summed E-state index contributed by atoms with van der Waals surface area (Å²) in [5, 5.41) is 7.27. The molecule has 4 heteroatoms. The van der Waals surface area contributed by atoms with Crippen molar-refractivity contribution in [2.24, 2.45) is 5.92 Å². The molecule has 0 aliphatic carbocycles. The summed E-state index contributed by atoms with van der Waals surface area (Å²) in [7, 11) is 0. The van der Waals surface area contributed by atoms with Crippen molar-refractivity contribution in [2.75, 3.05) is 6.54 Å². The normalized spacial score (nSPS) is 17.7. The predicted molar refractivity (Wildman–Crippen MR) is 96.1 cm³/mol. The molecule has 4 nitrogen and oxygen atoms in total. The van der Waals surface area contributed by atoms with Crippen molar-refractivity contribution < 1.29 is 4.79 Å². The smallest absolute Gasteiger partial charge is 0.274 e. The van der Waals surface area contributed by atoms with Crippen LogP contribution in [0.15, 0.2) is 24.3 Å². The molecular weight excluding hydrogens is 298 g/mol. The van der Waals surface area contributed by atoms with Gasteiger partial charge in [-0.3, -0.25) is 9.89 Å². The van der Waals surface area contributed by atoms with Gasteiger partial charge in [0.25, 0.3) is 5.91 Å². The molecule has 1 amide bonds. The summed E-state index contributed by atoms with van der Waals surface area (Å²) in [6.45, 7) is 9.39. The Hall–Kier alpha value is -2.10. The largest absolute Gasteiger partial charge is 0.330 e. The Morgan fingerprint density at radius 1 is 1.29 bits per heavy atom. The van der Waals surface area contributed by atoms with Crippen molar-refractivity contribution in [3.8, 4) is 0 Å². The van der Waals surface area contributed by atoms with Gasteiger partial charge < -0.3 is 4.90 Å². The number of rotatable bonds is 4. The first-order chi connectivity index (χ1) is 11.5. The highest BCUT2D eigenvalue weighted by molar-refractivity contribution is 5.92. The second-order valence-electron chi connectivity index (χ2n) is 7.38. The van der Waals surface area contributed by atoms with Crippen LogP contribution in [0, 0.1) is 19.8 Å². The molecule has 1 N–H and O–H groups in total. The van der Waals surface area contributed by atoms with E-state index in [1.165, 1.54) is 16.7 Å². The summed E-state index contributed by atoms with van der Waals surface area (Å²) in [5.41, 5.74) is 5.39. The quantitative estimate of drug-likeness (QED) is 0.915. The van der Waals surface area contributed by atoms with E-state index in [2.05, 4.69) is 56.1 Å². The number of amides is 1. The number of H-pyrrole nitrogens is 1. The maximum absolute atomic E-state index is 12.9. The van der Waals surface area contributed by atoms with Gasteiger partial charge in [-0.25, -0.2) is 0 Å². The average molecular weight is 325 g/mol. The number of carbonyl (C=O) groups excluding carboxylic acids is 1. The van der Waals surface area contributed by atoms with Gasteiger partial charge in [-0.2, -0.15) is 5.10 Å². The fourth-order valence-electron chi connectivity index (χ4n) is 3.49. The standard InChI is InChI=1S/C20H27N3O/c1-13(2)10-17-12-18(22-21-17)20(24)23-9-5-6-19(23)16-8-7-14(3)15(4)11-16/h7-8,11-13,19H,5-6,9-10H2,1-4H3,(H,21,22)/t19-/m0/s1. The number of hydrogen-bond acceptors (Lipinski definition) is 2. The number of likely N-dealkylation sites (tertiary alicyclic amines) is 1. The highest BCUT2D eigenvalue weighted by atomic mass is 16.2. The summed E-state index contributed by atoms with van der Waals surface area (Å²) in [6, 6.07) is 8.62. The molecule has 1 aromatic carbocycles. The third-order valence-corrected chi connectivity index (χ3v) is 4.91. The zero-order valence-electron chi connectivity index (χ0n) is 15.1. The maximum atomic E-state index is 12.9. The van der Waals surface area contributed by atoms with Crippen LogP contribution in [0.3, 0.4) is 0 Å². The van der Waals surface area contributed by atoms with Gasteiger partial charge >= 0.3 is 0 Å². The lowest BCUT2D eigenvalue weighted by Gasteiger charge is -2.25. The predicted octanol–water partition coefficient (Wildman–Crippen LogP) is 4.20. The molecule has 3 rings (SSSR count). The van der Waals surface area contributed by atoms with E-state index in [1.807, 2.05) is 11.0 Å². The number of benzene rings is 1. The van der Waals surface area contributed by atoms with Crippen LogP contribution in [-0.4, -0.2) is 27.5 Å². The molecule has 2 aromatic rings. The lowest BCUT2D eigenvalue weighted by Crippen LogP contribution is -2.30. The molecule has 0 radical (unpaired) electrons. The van der Waals surface area contributed by atoms with Gasteiger partial charge in [0.1, 0.15) is 5.69 Å². The van der Waals surface area contributed by atoms with E-state index >= 15 is 0 Å². The number of aromatic nitrogens is 2. The molecule has 128 valence electrons. The van der Waals surface area contributed by atoms with Crippen molar-refractivity contribution >= 4 is 5.91 Å². The van der Waals surface area contributed by atoms with Crippen LogP contribution >= 0.6 is 0 Å². The second-order valence-corrected chi connectivity index (χ2v) is 7.38. The first-order valence-corrected chi connectivity index (χ1v) is 8.88. The van der Waals surface area contributed by atoms with Gasteiger partial charge in [-0.1, -0.05) is 32.0 Å². The molecule has 1 aliphatic heterocycles. The maximum Gasteiger partial charge on any atom is 0.274 e. The van der Waals surface area contributed by atoms with Crippen LogP contribution < -0.4 is 0 Å². The molecule has 1 saturated heterocycles. The summed E-state index contributed by atoms with van der Waals surface area (Å²) >= 11 is 0. The van der Waals surface area contributed by atoms with E-state index < -0.39 is 0 Å². The molecule has 0 spiro atoms. The molecule has 2 heterocycles. The Morgan fingerprint density at radius 2 is 2.08 bits per heavy atom. The lowest BCUT2D eigenvalue weighted by atomic mass is 9.99. The number of hydrogen-bond donors (Lipinski definition) is 1. The first kappa shape index (κ1) is 16.7. The zero-order valence-corrected chi connectivity index (χ0v) is 15.1.